The van der Waals surface area contributed by atoms with Crippen LogP contribution in [0.2, 0.25) is 0 Å². The number of hydrogen-bond acceptors (Lipinski definition) is 4. The summed E-state index contributed by atoms with van der Waals surface area (Å²) in [5.74, 6) is -0.975. The van der Waals surface area contributed by atoms with Crippen LogP contribution in [-0.2, 0) is 16.0 Å². The van der Waals surface area contributed by atoms with Crippen molar-refractivity contribution in [1.29, 1.82) is 0 Å². The lowest BCUT2D eigenvalue weighted by atomic mass is 10.2. The minimum atomic E-state index is -0.874. The first-order valence-corrected chi connectivity index (χ1v) is 6.94. The fourth-order valence-corrected chi connectivity index (χ4v) is 1.71. The molecule has 1 amide bonds. The second-order valence-electron chi connectivity index (χ2n) is 4.76. The number of carbonyl (C=O) groups is 2. The molecule has 1 unspecified atom stereocenters. The van der Waals surface area contributed by atoms with E-state index in [1.165, 1.54) is 4.68 Å². The topological polar surface area (TPSA) is 97.1 Å². The van der Waals surface area contributed by atoms with E-state index < -0.39 is 12.0 Å². The Labute approximate surface area is 118 Å². The zero-order valence-corrected chi connectivity index (χ0v) is 12.0. The van der Waals surface area contributed by atoms with E-state index in [0.29, 0.717) is 18.7 Å². The first kappa shape index (κ1) is 16.1. The number of carboxylic acids is 1. The van der Waals surface area contributed by atoms with Gasteiger partial charge in [0, 0.05) is 19.2 Å². The molecule has 1 heterocycles. The first-order valence-electron chi connectivity index (χ1n) is 6.94. The van der Waals surface area contributed by atoms with Crippen molar-refractivity contribution < 1.29 is 14.7 Å². The van der Waals surface area contributed by atoms with Crippen molar-refractivity contribution >= 4 is 11.9 Å². The molecular weight excluding hydrogens is 260 g/mol. The lowest BCUT2D eigenvalue weighted by Crippen LogP contribution is -2.32. The number of aryl methyl sites for hydroxylation is 1. The smallest absolute Gasteiger partial charge is 0.303 e. The Bertz CT molecular complexity index is 445. The van der Waals surface area contributed by atoms with E-state index in [9.17, 15) is 9.59 Å². The highest BCUT2D eigenvalue weighted by atomic mass is 16.4. The maximum Gasteiger partial charge on any atom is 0.303 e. The van der Waals surface area contributed by atoms with Crippen LogP contribution in [0, 0.1) is 0 Å². The van der Waals surface area contributed by atoms with E-state index in [0.717, 1.165) is 19.3 Å². The summed E-state index contributed by atoms with van der Waals surface area (Å²) in [4.78, 5) is 22.4. The summed E-state index contributed by atoms with van der Waals surface area (Å²) in [7, 11) is 0. The number of unbranched alkanes of at least 4 members (excludes halogenated alkanes) is 2. The summed E-state index contributed by atoms with van der Waals surface area (Å²) in [6.45, 7) is 4.51. The Hall–Kier alpha value is -1.92. The molecule has 1 atom stereocenters. The van der Waals surface area contributed by atoms with Gasteiger partial charge in [-0.15, -0.1) is 5.10 Å². The molecule has 7 heteroatoms. The highest BCUT2D eigenvalue weighted by Gasteiger charge is 2.16. The Balaban J connectivity index is 2.44. The number of aliphatic carboxylic acids is 1. The Kier molecular flexibility index (Phi) is 6.69. The van der Waals surface area contributed by atoms with Crippen molar-refractivity contribution in [3.8, 4) is 0 Å². The van der Waals surface area contributed by atoms with Crippen LogP contribution in [-0.4, -0.2) is 38.5 Å². The second kappa shape index (κ2) is 8.29. The molecule has 0 bridgehead atoms. The van der Waals surface area contributed by atoms with Gasteiger partial charge in [0.05, 0.1) is 12.1 Å². The van der Waals surface area contributed by atoms with Crippen LogP contribution < -0.4 is 5.32 Å². The van der Waals surface area contributed by atoms with Crippen LogP contribution in [0.15, 0.2) is 6.20 Å². The lowest BCUT2D eigenvalue weighted by molar-refractivity contribution is -0.137. The summed E-state index contributed by atoms with van der Waals surface area (Å²) in [6, 6.07) is -0.442. The van der Waals surface area contributed by atoms with Crippen LogP contribution in [0.1, 0.15) is 51.3 Å². The largest absolute Gasteiger partial charge is 0.481 e. The average Bonchev–Trinajstić information content (AvgIpc) is 2.89. The molecule has 0 fully saturated rings. The minimum Gasteiger partial charge on any atom is -0.481 e. The summed E-state index contributed by atoms with van der Waals surface area (Å²) in [6.07, 6.45) is 5.13. The summed E-state index contributed by atoms with van der Waals surface area (Å²) in [5, 5.41) is 19.2. The summed E-state index contributed by atoms with van der Waals surface area (Å²) < 4.78 is 1.46. The van der Waals surface area contributed by atoms with Crippen LogP contribution >= 0.6 is 0 Å². The van der Waals surface area contributed by atoms with E-state index >= 15 is 0 Å². The van der Waals surface area contributed by atoms with Gasteiger partial charge in [-0.2, -0.15) is 0 Å². The molecule has 1 aromatic rings. The van der Waals surface area contributed by atoms with Crippen LogP contribution in [0.3, 0.4) is 0 Å². The molecular formula is C13H22N4O3. The van der Waals surface area contributed by atoms with Gasteiger partial charge in [-0.3, -0.25) is 9.59 Å². The highest BCUT2D eigenvalue weighted by Crippen LogP contribution is 2.06. The SMILES string of the molecule is CCCCCNC(=O)C(C)n1cc(CCC(=O)O)nn1. The third-order valence-corrected chi connectivity index (χ3v) is 3.01. The maximum atomic E-state index is 11.9. The third-order valence-electron chi connectivity index (χ3n) is 3.01. The lowest BCUT2D eigenvalue weighted by Gasteiger charge is -2.11. The van der Waals surface area contributed by atoms with E-state index in [2.05, 4.69) is 22.6 Å². The Morgan fingerprint density at radius 3 is 2.85 bits per heavy atom. The van der Waals surface area contributed by atoms with Gasteiger partial charge in [-0.05, 0) is 13.3 Å². The summed E-state index contributed by atoms with van der Waals surface area (Å²) >= 11 is 0. The van der Waals surface area contributed by atoms with Crippen molar-refractivity contribution in [2.75, 3.05) is 6.54 Å². The van der Waals surface area contributed by atoms with Crippen molar-refractivity contribution in [1.82, 2.24) is 20.3 Å². The average molecular weight is 282 g/mol. The molecule has 0 saturated heterocycles. The summed E-state index contributed by atoms with van der Waals surface area (Å²) in [5.41, 5.74) is 0.582. The fraction of sp³-hybridized carbons (Fsp3) is 0.692. The molecule has 7 nitrogen and oxygen atoms in total. The molecule has 2 N–H and O–H groups in total. The molecule has 0 aliphatic heterocycles. The zero-order valence-electron chi connectivity index (χ0n) is 12.0. The third kappa shape index (κ3) is 5.38. The van der Waals surface area contributed by atoms with Crippen molar-refractivity contribution in [3.05, 3.63) is 11.9 Å². The second-order valence-corrected chi connectivity index (χ2v) is 4.76. The van der Waals surface area contributed by atoms with Crippen molar-refractivity contribution in [2.45, 2.75) is 52.0 Å². The normalized spacial score (nSPS) is 12.1. The Morgan fingerprint density at radius 2 is 2.20 bits per heavy atom. The number of nitrogens with one attached hydrogen (secondary N) is 1. The number of hydrogen-bond donors (Lipinski definition) is 2. The van der Waals surface area contributed by atoms with E-state index in [1.807, 2.05) is 0 Å². The number of carboxylic acid groups (broad SMARTS) is 1. The van der Waals surface area contributed by atoms with Gasteiger partial charge in [-0.1, -0.05) is 25.0 Å². The standard InChI is InChI=1S/C13H22N4O3/c1-3-4-5-8-14-13(20)10(2)17-9-11(15-16-17)6-7-12(18)19/h9-10H,3-8H2,1-2H3,(H,14,20)(H,18,19). The molecule has 0 aromatic carbocycles. The minimum absolute atomic E-state index is 0.0102. The van der Waals surface area contributed by atoms with Gasteiger partial charge in [0.2, 0.25) is 5.91 Å². The molecule has 0 aliphatic carbocycles. The number of amides is 1. The van der Waals surface area contributed by atoms with Crippen LogP contribution in [0.4, 0.5) is 0 Å². The zero-order chi connectivity index (χ0) is 15.0. The van der Waals surface area contributed by atoms with E-state index in [4.69, 9.17) is 5.11 Å². The number of carbonyl (C=O) groups excluding carboxylic acids is 1. The van der Waals surface area contributed by atoms with E-state index in [-0.39, 0.29) is 12.3 Å². The van der Waals surface area contributed by atoms with Crippen molar-refractivity contribution in [3.63, 3.8) is 0 Å². The molecule has 1 rings (SSSR count). The van der Waals surface area contributed by atoms with Gasteiger partial charge in [0.1, 0.15) is 6.04 Å². The van der Waals surface area contributed by atoms with Crippen molar-refractivity contribution in [2.24, 2.45) is 0 Å². The van der Waals surface area contributed by atoms with Gasteiger partial charge < -0.3 is 10.4 Å². The van der Waals surface area contributed by atoms with Gasteiger partial charge >= 0.3 is 5.97 Å². The molecule has 20 heavy (non-hydrogen) atoms. The van der Waals surface area contributed by atoms with Gasteiger partial charge in [0.25, 0.3) is 0 Å². The monoisotopic (exact) mass is 282 g/mol. The number of aromatic nitrogens is 3. The molecule has 0 radical (unpaired) electrons. The van der Waals surface area contributed by atoms with Gasteiger partial charge in [-0.25, -0.2) is 4.68 Å². The maximum absolute atomic E-state index is 11.9. The molecule has 0 saturated carbocycles. The molecule has 0 aliphatic rings. The molecule has 1 aromatic heterocycles. The number of nitrogens with zero attached hydrogens (tertiary/aromatic N) is 3. The van der Waals surface area contributed by atoms with Crippen LogP contribution in [0.5, 0.6) is 0 Å². The highest BCUT2D eigenvalue weighted by molar-refractivity contribution is 5.79. The quantitative estimate of drug-likeness (QED) is 0.662. The van der Waals surface area contributed by atoms with Crippen LogP contribution in [0.25, 0.3) is 0 Å². The van der Waals surface area contributed by atoms with Gasteiger partial charge in [0.15, 0.2) is 0 Å². The van der Waals surface area contributed by atoms with E-state index in [1.54, 1.807) is 13.1 Å². The first-order chi connectivity index (χ1) is 9.54. The predicted molar refractivity (Wildman–Crippen MR) is 73.2 cm³/mol. The fourth-order valence-electron chi connectivity index (χ4n) is 1.71. The molecule has 0 spiro atoms. The predicted octanol–water partition coefficient (Wildman–Crippen LogP) is 1.16. The Morgan fingerprint density at radius 1 is 1.45 bits per heavy atom. The number of rotatable bonds is 9. The molecule has 112 valence electrons.